The topological polar surface area (TPSA) is 12.5 Å². The first kappa shape index (κ1) is 14.3. The molecule has 1 atom stereocenters. The summed E-state index contributed by atoms with van der Waals surface area (Å²) in [5, 5.41) is 0. The van der Waals surface area contributed by atoms with Crippen LogP contribution in [0.5, 0.6) is 0 Å². The Kier molecular flexibility index (Phi) is 4.67. The second kappa shape index (κ2) is 5.24. The van der Waals surface area contributed by atoms with Crippen LogP contribution in [0.4, 0.5) is 0 Å². The van der Waals surface area contributed by atoms with Gasteiger partial charge in [0.2, 0.25) is 0 Å². The summed E-state index contributed by atoms with van der Waals surface area (Å²) in [6.07, 6.45) is 1.41. The van der Waals surface area contributed by atoms with E-state index in [2.05, 4.69) is 39.5 Å². The lowest BCUT2D eigenvalue weighted by Gasteiger charge is -2.43. The van der Waals surface area contributed by atoms with Crippen molar-refractivity contribution in [3.8, 4) is 0 Å². The van der Waals surface area contributed by atoms with Gasteiger partial charge in [-0.15, -0.1) is 11.6 Å². The minimum absolute atomic E-state index is 0.0598. The predicted octanol–water partition coefficient (Wildman–Crippen LogP) is 3.14. The zero-order valence-electron chi connectivity index (χ0n) is 11.3. The van der Waals surface area contributed by atoms with Crippen molar-refractivity contribution in [3.05, 3.63) is 0 Å². The first-order valence-corrected chi connectivity index (χ1v) is 6.71. The molecular weight excluding hydrogens is 222 g/mol. The number of morpholine rings is 1. The number of hydrogen-bond acceptors (Lipinski definition) is 2. The second-order valence-electron chi connectivity index (χ2n) is 6.70. The van der Waals surface area contributed by atoms with Crippen molar-refractivity contribution in [2.24, 2.45) is 5.41 Å². The van der Waals surface area contributed by atoms with E-state index in [1.807, 2.05) is 0 Å². The van der Waals surface area contributed by atoms with E-state index in [0.29, 0.717) is 11.3 Å². The van der Waals surface area contributed by atoms with E-state index in [9.17, 15) is 0 Å². The normalized spacial score (nSPS) is 27.0. The third-order valence-corrected chi connectivity index (χ3v) is 3.25. The van der Waals surface area contributed by atoms with Gasteiger partial charge in [-0.2, -0.15) is 0 Å². The molecule has 0 saturated carbocycles. The van der Waals surface area contributed by atoms with Gasteiger partial charge in [-0.3, -0.25) is 4.90 Å². The number of rotatable bonds is 3. The summed E-state index contributed by atoms with van der Waals surface area (Å²) >= 11 is 5.91. The molecule has 0 aromatic rings. The van der Waals surface area contributed by atoms with Crippen LogP contribution in [-0.4, -0.2) is 42.1 Å². The summed E-state index contributed by atoms with van der Waals surface area (Å²) in [6, 6.07) is 0. The van der Waals surface area contributed by atoms with Crippen molar-refractivity contribution in [2.75, 3.05) is 25.5 Å². The molecule has 1 saturated heterocycles. The van der Waals surface area contributed by atoms with Crippen LogP contribution in [0.25, 0.3) is 0 Å². The molecule has 0 spiro atoms. The van der Waals surface area contributed by atoms with Gasteiger partial charge < -0.3 is 4.74 Å². The molecule has 0 aromatic carbocycles. The number of halogens is 1. The predicted molar refractivity (Wildman–Crippen MR) is 70.2 cm³/mol. The Balaban J connectivity index is 2.47. The van der Waals surface area contributed by atoms with Gasteiger partial charge in [0.05, 0.1) is 11.7 Å². The van der Waals surface area contributed by atoms with E-state index >= 15 is 0 Å². The monoisotopic (exact) mass is 247 g/mol. The van der Waals surface area contributed by atoms with Crippen LogP contribution in [0.2, 0.25) is 0 Å². The molecule has 96 valence electrons. The van der Waals surface area contributed by atoms with Crippen molar-refractivity contribution in [3.63, 3.8) is 0 Å². The fraction of sp³-hybridized carbons (Fsp3) is 1.00. The molecule has 0 amide bonds. The maximum absolute atomic E-state index is 5.91. The van der Waals surface area contributed by atoms with E-state index < -0.39 is 0 Å². The summed E-state index contributed by atoms with van der Waals surface area (Å²) in [5.41, 5.74) is 0.342. The maximum atomic E-state index is 5.91. The Morgan fingerprint density at radius 2 is 2.00 bits per heavy atom. The Bertz CT molecular complexity index is 222. The van der Waals surface area contributed by atoms with Gasteiger partial charge in [-0.05, 0) is 32.2 Å². The van der Waals surface area contributed by atoms with Crippen LogP contribution in [0.3, 0.4) is 0 Å². The fourth-order valence-electron chi connectivity index (χ4n) is 2.16. The average Bonchev–Trinajstić information content (AvgIpc) is 2.11. The third kappa shape index (κ3) is 5.03. The van der Waals surface area contributed by atoms with Crippen LogP contribution in [0.1, 0.15) is 41.0 Å². The minimum Gasteiger partial charge on any atom is -0.368 e. The van der Waals surface area contributed by atoms with Gasteiger partial charge >= 0.3 is 0 Å². The molecule has 0 aromatic heterocycles. The van der Waals surface area contributed by atoms with E-state index in [-0.39, 0.29) is 11.7 Å². The Hall–Kier alpha value is 0.210. The zero-order chi connectivity index (χ0) is 12.4. The van der Waals surface area contributed by atoms with Gasteiger partial charge in [0.25, 0.3) is 0 Å². The van der Waals surface area contributed by atoms with Gasteiger partial charge in [0.1, 0.15) is 0 Å². The molecule has 1 rings (SSSR count). The lowest BCUT2D eigenvalue weighted by Crippen LogP contribution is -2.53. The molecule has 1 unspecified atom stereocenters. The fourth-order valence-corrected chi connectivity index (χ4v) is 2.32. The summed E-state index contributed by atoms with van der Waals surface area (Å²) in [7, 11) is 0. The van der Waals surface area contributed by atoms with Crippen LogP contribution in [0, 0.1) is 5.41 Å². The Morgan fingerprint density at radius 3 is 2.50 bits per heavy atom. The summed E-state index contributed by atoms with van der Waals surface area (Å²) in [6.45, 7) is 14.3. The highest BCUT2D eigenvalue weighted by molar-refractivity contribution is 6.18. The molecule has 1 heterocycles. The van der Waals surface area contributed by atoms with Crippen LogP contribution in [0.15, 0.2) is 0 Å². The highest BCUT2D eigenvalue weighted by Crippen LogP contribution is 2.24. The lowest BCUT2D eigenvalue weighted by atomic mass is 9.91. The van der Waals surface area contributed by atoms with Crippen molar-refractivity contribution >= 4 is 11.6 Å². The number of ether oxygens (including phenoxy) is 1. The summed E-state index contributed by atoms with van der Waals surface area (Å²) in [5.74, 6) is 0.593. The van der Waals surface area contributed by atoms with E-state index in [1.165, 1.54) is 6.42 Å². The lowest BCUT2D eigenvalue weighted by molar-refractivity contribution is -0.128. The zero-order valence-corrected chi connectivity index (χ0v) is 12.1. The molecule has 1 fully saturated rings. The quantitative estimate of drug-likeness (QED) is 0.711. The maximum Gasteiger partial charge on any atom is 0.0844 e. The molecule has 1 aliphatic rings. The standard InChI is InChI=1S/C13H26ClNO/c1-12(2,3)6-7-15-9-11(8-14)16-13(4,5)10-15/h11H,6-10H2,1-5H3. The number of hydrogen-bond donors (Lipinski definition) is 0. The van der Waals surface area contributed by atoms with E-state index in [0.717, 1.165) is 19.6 Å². The van der Waals surface area contributed by atoms with Gasteiger partial charge in [-0.25, -0.2) is 0 Å². The smallest absolute Gasteiger partial charge is 0.0844 e. The Labute approximate surface area is 105 Å². The third-order valence-electron chi connectivity index (χ3n) is 2.90. The molecule has 0 bridgehead atoms. The van der Waals surface area contributed by atoms with Crippen LogP contribution >= 0.6 is 11.6 Å². The van der Waals surface area contributed by atoms with E-state index in [1.54, 1.807) is 0 Å². The largest absolute Gasteiger partial charge is 0.368 e. The van der Waals surface area contributed by atoms with Crippen molar-refractivity contribution in [2.45, 2.75) is 52.7 Å². The van der Waals surface area contributed by atoms with Crippen molar-refractivity contribution in [1.82, 2.24) is 4.90 Å². The van der Waals surface area contributed by atoms with Crippen molar-refractivity contribution in [1.29, 1.82) is 0 Å². The van der Waals surface area contributed by atoms with Gasteiger partial charge in [0.15, 0.2) is 0 Å². The minimum atomic E-state index is -0.0598. The Morgan fingerprint density at radius 1 is 1.38 bits per heavy atom. The highest BCUT2D eigenvalue weighted by atomic mass is 35.5. The van der Waals surface area contributed by atoms with E-state index in [4.69, 9.17) is 16.3 Å². The molecule has 16 heavy (non-hydrogen) atoms. The first-order chi connectivity index (χ1) is 7.22. The summed E-state index contributed by atoms with van der Waals surface area (Å²) < 4.78 is 5.91. The molecule has 0 N–H and O–H groups in total. The molecule has 2 nitrogen and oxygen atoms in total. The SMILES string of the molecule is CC(C)(C)CCN1CC(CCl)OC(C)(C)C1. The molecule has 1 aliphatic heterocycles. The van der Waals surface area contributed by atoms with Gasteiger partial charge in [-0.1, -0.05) is 20.8 Å². The van der Waals surface area contributed by atoms with Gasteiger partial charge in [0, 0.05) is 19.0 Å². The highest BCUT2D eigenvalue weighted by Gasteiger charge is 2.33. The van der Waals surface area contributed by atoms with Crippen LogP contribution < -0.4 is 0 Å². The molecule has 3 heteroatoms. The average molecular weight is 248 g/mol. The van der Waals surface area contributed by atoms with Crippen molar-refractivity contribution < 1.29 is 4.74 Å². The molecule has 0 radical (unpaired) electrons. The molecule has 0 aliphatic carbocycles. The number of nitrogens with zero attached hydrogens (tertiary/aromatic N) is 1. The first-order valence-electron chi connectivity index (χ1n) is 6.18. The van der Waals surface area contributed by atoms with Crippen LogP contribution in [-0.2, 0) is 4.74 Å². The second-order valence-corrected chi connectivity index (χ2v) is 7.01. The number of alkyl halides is 1. The summed E-state index contributed by atoms with van der Waals surface area (Å²) in [4.78, 5) is 2.49. The molecular formula is C13H26ClNO.